The fraction of sp³-hybridized carbons (Fsp3) is 0.588. The van der Waals surface area contributed by atoms with Crippen molar-refractivity contribution in [3.8, 4) is 5.75 Å². The number of benzene rings is 1. The first-order valence-electron chi connectivity index (χ1n) is 8.11. The van der Waals surface area contributed by atoms with Crippen LogP contribution in [0.2, 0.25) is 0 Å². The fourth-order valence-corrected chi connectivity index (χ4v) is 2.51. The summed E-state index contributed by atoms with van der Waals surface area (Å²) in [5.74, 6) is 0.774. The summed E-state index contributed by atoms with van der Waals surface area (Å²) < 4.78 is 10.9. The molecule has 2 N–H and O–H groups in total. The Kier molecular flexibility index (Phi) is 6.68. The summed E-state index contributed by atoms with van der Waals surface area (Å²) >= 11 is 0. The Morgan fingerprint density at radius 2 is 1.95 bits per heavy atom. The molecule has 1 amide bonds. The lowest BCUT2D eigenvalue weighted by Crippen LogP contribution is -3.14. The van der Waals surface area contributed by atoms with E-state index in [2.05, 4.69) is 5.32 Å². The lowest BCUT2D eigenvalue weighted by atomic mass is 10.2. The molecule has 1 aliphatic rings. The van der Waals surface area contributed by atoms with Gasteiger partial charge in [0, 0.05) is 18.5 Å². The van der Waals surface area contributed by atoms with E-state index in [1.54, 1.807) is 17.0 Å². The van der Waals surface area contributed by atoms with Crippen LogP contribution in [0.15, 0.2) is 24.3 Å². The molecule has 1 heterocycles. The van der Waals surface area contributed by atoms with Crippen molar-refractivity contribution >= 4 is 5.91 Å². The Bertz CT molecular complexity index is 453. The highest BCUT2D eigenvalue weighted by molar-refractivity contribution is 5.94. The Balaban J connectivity index is 1.68. The van der Waals surface area contributed by atoms with Crippen molar-refractivity contribution in [1.29, 1.82) is 0 Å². The van der Waals surface area contributed by atoms with Crippen LogP contribution in [0.1, 0.15) is 30.6 Å². The summed E-state index contributed by atoms with van der Waals surface area (Å²) in [5, 5.41) is 2.97. The first-order chi connectivity index (χ1) is 10.6. The number of rotatable bonds is 7. The molecule has 122 valence electrons. The monoisotopic (exact) mass is 307 g/mol. The van der Waals surface area contributed by atoms with E-state index in [1.807, 2.05) is 26.0 Å². The van der Waals surface area contributed by atoms with Gasteiger partial charge in [-0.25, -0.2) is 0 Å². The van der Waals surface area contributed by atoms with Gasteiger partial charge in [-0.05, 0) is 38.1 Å². The SMILES string of the molecule is CC(C)Oc1ccc(C(=O)NCCC[NH+]2CCOCC2)cc1. The molecule has 1 saturated heterocycles. The van der Waals surface area contributed by atoms with Gasteiger partial charge < -0.3 is 19.7 Å². The van der Waals surface area contributed by atoms with Crippen LogP contribution in [0.4, 0.5) is 0 Å². The largest absolute Gasteiger partial charge is 0.491 e. The van der Waals surface area contributed by atoms with Crippen molar-refractivity contribution in [2.45, 2.75) is 26.4 Å². The van der Waals surface area contributed by atoms with Gasteiger partial charge in [0.05, 0.1) is 25.9 Å². The van der Waals surface area contributed by atoms with E-state index in [0.717, 1.165) is 45.0 Å². The van der Waals surface area contributed by atoms with Crippen molar-refractivity contribution in [3.05, 3.63) is 29.8 Å². The molecule has 0 radical (unpaired) electrons. The van der Waals surface area contributed by atoms with Gasteiger partial charge in [0.15, 0.2) is 0 Å². The molecule has 0 unspecified atom stereocenters. The zero-order chi connectivity index (χ0) is 15.8. The minimum atomic E-state index is -0.0203. The Morgan fingerprint density at radius 1 is 1.27 bits per heavy atom. The van der Waals surface area contributed by atoms with E-state index in [0.29, 0.717) is 12.1 Å². The molecule has 0 aliphatic carbocycles. The van der Waals surface area contributed by atoms with Gasteiger partial charge in [-0.15, -0.1) is 0 Å². The predicted molar refractivity (Wildman–Crippen MR) is 85.5 cm³/mol. The van der Waals surface area contributed by atoms with Crippen LogP contribution < -0.4 is 15.0 Å². The summed E-state index contributed by atoms with van der Waals surface area (Å²) in [6.45, 7) is 9.63. The Morgan fingerprint density at radius 3 is 2.59 bits per heavy atom. The minimum Gasteiger partial charge on any atom is -0.491 e. The van der Waals surface area contributed by atoms with Crippen molar-refractivity contribution in [2.24, 2.45) is 0 Å². The summed E-state index contributed by atoms with van der Waals surface area (Å²) in [6.07, 6.45) is 1.14. The van der Waals surface area contributed by atoms with Gasteiger partial charge in [0.25, 0.3) is 5.91 Å². The maximum absolute atomic E-state index is 12.1. The summed E-state index contributed by atoms with van der Waals surface area (Å²) in [7, 11) is 0. The number of carbonyl (C=O) groups is 1. The fourth-order valence-electron chi connectivity index (χ4n) is 2.51. The zero-order valence-electron chi connectivity index (χ0n) is 13.6. The van der Waals surface area contributed by atoms with Crippen molar-refractivity contribution < 1.29 is 19.2 Å². The topological polar surface area (TPSA) is 52.0 Å². The highest BCUT2D eigenvalue weighted by atomic mass is 16.5. The minimum absolute atomic E-state index is 0.0203. The van der Waals surface area contributed by atoms with Crippen LogP contribution >= 0.6 is 0 Å². The average molecular weight is 307 g/mol. The third kappa shape index (κ3) is 5.66. The van der Waals surface area contributed by atoms with Gasteiger partial charge >= 0.3 is 0 Å². The normalized spacial score (nSPS) is 15.8. The van der Waals surface area contributed by atoms with Crippen LogP contribution in [0.3, 0.4) is 0 Å². The molecule has 5 nitrogen and oxygen atoms in total. The molecule has 0 atom stereocenters. The number of amides is 1. The number of quaternary nitrogens is 1. The van der Waals surface area contributed by atoms with Gasteiger partial charge in [0.1, 0.15) is 18.8 Å². The summed E-state index contributed by atoms with van der Waals surface area (Å²) in [4.78, 5) is 13.6. The summed E-state index contributed by atoms with van der Waals surface area (Å²) in [5.41, 5.74) is 0.676. The lowest BCUT2D eigenvalue weighted by Gasteiger charge is -2.23. The first kappa shape index (κ1) is 16.8. The molecular weight excluding hydrogens is 280 g/mol. The first-order valence-corrected chi connectivity index (χ1v) is 8.11. The molecule has 1 aliphatic heterocycles. The van der Waals surface area contributed by atoms with E-state index in [9.17, 15) is 4.79 Å². The lowest BCUT2D eigenvalue weighted by molar-refractivity contribution is -0.908. The van der Waals surface area contributed by atoms with Crippen LogP contribution in [-0.2, 0) is 4.74 Å². The number of carbonyl (C=O) groups excluding carboxylic acids is 1. The van der Waals surface area contributed by atoms with Gasteiger partial charge in [0.2, 0.25) is 0 Å². The van der Waals surface area contributed by atoms with Gasteiger partial charge in [-0.2, -0.15) is 0 Å². The highest BCUT2D eigenvalue weighted by Crippen LogP contribution is 2.13. The van der Waals surface area contributed by atoms with E-state index in [4.69, 9.17) is 9.47 Å². The van der Waals surface area contributed by atoms with E-state index in [1.165, 1.54) is 0 Å². The highest BCUT2D eigenvalue weighted by Gasteiger charge is 2.13. The second kappa shape index (κ2) is 8.76. The zero-order valence-corrected chi connectivity index (χ0v) is 13.6. The second-order valence-corrected chi connectivity index (χ2v) is 5.91. The maximum Gasteiger partial charge on any atom is 0.251 e. The summed E-state index contributed by atoms with van der Waals surface area (Å²) in [6, 6.07) is 7.29. The molecule has 1 fully saturated rings. The number of morpholine rings is 1. The molecule has 5 heteroatoms. The molecule has 22 heavy (non-hydrogen) atoms. The molecule has 0 aromatic heterocycles. The smallest absolute Gasteiger partial charge is 0.251 e. The van der Waals surface area contributed by atoms with Crippen LogP contribution in [0.25, 0.3) is 0 Å². The number of hydrogen-bond acceptors (Lipinski definition) is 3. The Hall–Kier alpha value is -1.59. The van der Waals surface area contributed by atoms with Gasteiger partial charge in [-0.3, -0.25) is 4.79 Å². The van der Waals surface area contributed by atoms with Crippen molar-refractivity contribution in [2.75, 3.05) is 39.4 Å². The van der Waals surface area contributed by atoms with Crippen LogP contribution in [0, 0.1) is 0 Å². The Labute approximate surface area is 132 Å². The molecular formula is C17H27N2O3+. The molecule has 1 aromatic carbocycles. The van der Waals surface area contributed by atoms with Gasteiger partial charge in [-0.1, -0.05) is 0 Å². The third-order valence-corrected chi connectivity index (χ3v) is 3.68. The molecule has 0 saturated carbocycles. The second-order valence-electron chi connectivity index (χ2n) is 5.91. The number of hydrogen-bond donors (Lipinski definition) is 2. The third-order valence-electron chi connectivity index (χ3n) is 3.68. The molecule has 0 spiro atoms. The molecule has 2 rings (SSSR count). The van der Waals surface area contributed by atoms with E-state index < -0.39 is 0 Å². The molecule has 0 bridgehead atoms. The standard InChI is InChI=1S/C17H26N2O3/c1-14(2)22-16-6-4-15(5-7-16)17(20)18-8-3-9-19-10-12-21-13-11-19/h4-7,14H,3,8-13H2,1-2H3,(H,18,20)/p+1. The number of ether oxygens (including phenoxy) is 2. The number of nitrogens with one attached hydrogen (secondary N) is 2. The van der Waals surface area contributed by atoms with E-state index >= 15 is 0 Å². The molecule has 1 aromatic rings. The van der Waals surface area contributed by atoms with Crippen LogP contribution in [0.5, 0.6) is 5.75 Å². The van der Waals surface area contributed by atoms with Crippen LogP contribution in [-0.4, -0.2) is 51.4 Å². The van der Waals surface area contributed by atoms with Crippen molar-refractivity contribution in [1.82, 2.24) is 5.32 Å². The van der Waals surface area contributed by atoms with E-state index in [-0.39, 0.29) is 12.0 Å². The average Bonchev–Trinajstić information content (AvgIpc) is 2.52. The maximum atomic E-state index is 12.1. The quantitative estimate of drug-likeness (QED) is 0.722. The predicted octanol–water partition coefficient (Wildman–Crippen LogP) is 0.509. The van der Waals surface area contributed by atoms with Crippen molar-refractivity contribution in [3.63, 3.8) is 0 Å².